The molecule has 0 aromatic heterocycles. The van der Waals surface area contributed by atoms with Gasteiger partial charge in [-0.25, -0.2) is 0 Å². The Bertz CT molecular complexity index is 500. The molecule has 0 aliphatic heterocycles. The van der Waals surface area contributed by atoms with Gasteiger partial charge >= 0.3 is 0 Å². The maximum Gasteiger partial charge on any atom is 0.0533 e. The Morgan fingerprint density at radius 2 is 1.47 bits per heavy atom. The van der Waals surface area contributed by atoms with E-state index in [1.54, 1.807) is 12.1 Å². The fraction of sp³-hybridized carbons (Fsp3) is 0.133. The molecule has 0 radical (unpaired) electrons. The zero-order valence-electron chi connectivity index (χ0n) is 9.59. The first-order valence-corrected chi connectivity index (χ1v) is 5.51. The average molecular weight is 225 g/mol. The molecule has 0 spiro atoms. The number of benzene rings is 2. The molecule has 2 aromatic carbocycles. The molecule has 0 saturated heterocycles. The van der Waals surface area contributed by atoms with E-state index in [9.17, 15) is 9.90 Å². The Morgan fingerprint density at radius 3 is 2.00 bits per heavy atom. The van der Waals surface area contributed by atoms with Gasteiger partial charge in [0.15, 0.2) is 0 Å². The van der Waals surface area contributed by atoms with Crippen molar-refractivity contribution in [1.82, 2.24) is 0 Å². The lowest BCUT2D eigenvalue weighted by Crippen LogP contribution is -2.30. The van der Waals surface area contributed by atoms with Crippen molar-refractivity contribution in [2.75, 3.05) is 0 Å². The molecule has 2 heteroatoms. The lowest BCUT2D eigenvalue weighted by Gasteiger charge is -2.19. The van der Waals surface area contributed by atoms with E-state index in [-0.39, 0.29) is 0 Å². The van der Waals surface area contributed by atoms with E-state index in [2.05, 4.69) is 0 Å². The Balaban J connectivity index is 2.43. The summed E-state index contributed by atoms with van der Waals surface area (Å²) in [4.78, 5) is 11.3. The standard InChI is InChI=1S/C15H14O2/c1-11-7-9-13(10-8-11)14(15(16)17)12-5-3-2-4-6-12/h2-10,14H,1H3,(H,16,17)/p-1/t14-/m0/s1. The van der Waals surface area contributed by atoms with Crippen molar-refractivity contribution in [3.05, 3.63) is 71.3 Å². The summed E-state index contributed by atoms with van der Waals surface area (Å²) in [6.45, 7) is 1.97. The zero-order chi connectivity index (χ0) is 12.3. The Labute approximate surface area is 101 Å². The van der Waals surface area contributed by atoms with Gasteiger partial charge in [0.2, 0.25) is 0 Å². The second kappa shape index (κ2) is 4.83. The van der Waals surface area contributed by atoms with Gasteiger partial charge in [0.05, 0.1) is 5.97 Å². The third-order valence-corrected chi connectivity index (χ3v) is 2.78. The summed E-state index contributed by atoms with van der Waals surface area (Å²) in [6.07, 6.45) is 0. The Kier molecular flexibility index (Phi) is 3.24. The predicted molar refractivity (Wildman–Crippen MR) is 64.5 cm³/mol. The summed E-state index contributed by atoms with van der Waals surface area (Å²) in [6, 6.07) is 16.6. The summed E-state index contributed by atoms with van der Waals surface area (Å²) in [7, 11) is 0. The maximum atomic E-state index is 11.3. The monoisotopic (exact) mass is 225 g/mol. The molecule has 0 aliphatic carbocycles. The molecule has 86 valence electrons. The van der Waals surface area contributed by atoms with Crippen molar-refractivity contribution in [2.24, 2.45) is 0 Å². The number of aryl methyl sites for hydroxylation is 1. The summed E-state index contributed by atoms with van der Waals surface area (Å²) in [5.41, 5.74) is 2.61. The van der Waals surface area contributed by atoms with E-state index < -0.39 is 11.9 Å². The smallest absolute Gasteiger partial charge is 0.0533 e. The van der Waals surface area contributed by atoms with Crippen molar-refractivity contribution >= 4 is 5.97 Å². The highest BCUT2D eigenvalue weighted by Gasteiger charge is 2.14. The first-order valence-electron chi connectivity index (χ1n) is 5.51. The topological polar surface area (TPSA) is 40.1 Å². The van der Waals surface area contributed by atoms with Crippen molar-refractivity contribution in [2.45, 2.75) is 12.8 Å². The fourth-order valence-electron chi connectivity index (χ4n) is 1.87. The third kappa shape index (κ3) is 2.53. The normalized spacial score (nSPS) is 12.1. The summed E-state index contributed by atoms with van der Waals surface area (Å²) in [5.74, 6) is -1.77. The molecule has 0 aliphatic rings. The number of carboxylic acids is 1. The molecule has 0 amide bonds. The van der Waals surface area contributed by atoms with Gasteiger partial charge in [-0.1, -0.05) is 60.2 Å². The molecule has 0 N–H and O–H groups in total. The molecule has 0 heterocycles. The van der Waals surface area contributed by atoms with E-state index in [0.29, 0.717) is 0 Å². The molecule has 17 heavy (non-hydrogen) atoms. The Hall–Kier alpha value is -2.09. The van der Waals surface area contributed by atoms with Crippen LogP contribution >= 0.6 is 0 Å². The van der Waals surface area contributed by atoms with Gasteiger partial charge in [0, 0.05) is 5.92 Å². The van der Waals surface area contributed by atoms with Crippen LogP contribution in [-0.2, 0) is 4.79 Å². The predicted octanol–water partition coefficient (Wildman–Crippen LogP) is 1.88. The van der Waals surface area contributed by atoms with Gasteiger partial charge in [-0.2, -0.15) is 0 Å². The molecule has 2 nitrogen and oxygen atoms in total. The Morgan fingerprint density at radius 1 is 0.941 bits per heavy atom. The first-order chi connectivity index (χ1) is 8.18. The average Bonchev–Trinajstić information content (AvgIpc) is 2.33. The molecule has 0 bridgehead atoms. The molecule has 2 aromatic rings. The highest BCUT2D eigenvalue weighted by molar-refractivity contribution is 5.78. The minimum atomic E-state index is -1.07. The lowest BCUT2D eigenvalue weighted by molar-refractivity contribution is -0.306. The highest BCUT2D eigenvalue weighted by Crippen LogP contribution is 2.24. The fourth-order valence-corrected chi connectivity index (χ4v) is 1.87. The molecule has 0 unspecified atom stereocenters. The quantitative estimate of drug-likeness (QED) is 0.800. The van der Waals surface area contributed by atoms with Crippen molar-refractivity contribution in [1.29, 1.82) is 0 Å². The van der Waals surface area contributed by atoms with Crippen molar-refractivity contribution in [3.8, 4) is 0 Å². The van der Waals surface area contributed by atoms with E-state index in [1.807, 2.05) is 49.4 Å². The van der Waals surface area contributed by atoms with Crippen molar-refractivity contribution < 1.29 is 9.90 Å². The molecular formula is C15H13O2-. The first kappa shape index (κ1) is 11.4. The van der Waals surface area contributed by atoms with Gasteiger partial charge in [-0.05, 0) is 18.1 Å². The van der Waals surface area contributed by atoms with Crippen LogP contribution in [-0.4, -0.2) is 5.97 Å². The van der Waals surface area contributed by atoms with Gasteiger partial charge < -0.3 is 9.90 Å². The minimum Gasteiger partial charge on any atom is -0.549 e. The van der Waals surface area contributed by atoms with Crippen LogP contribution < -0.4 is 5.11 Å². The maximum absolute atomic E-state index is 11.3. The molecular weight excluding hydrogens is 212 g/mol. The number of carbonyl (C=O) groups is 1. The molecule has 1 atom stereocenters. The van der Waals surface area contributed by atoms with Crippen LogP contribution in [0.3, 0.4) is 0 Å². The summed E-state index contributed by atoms with van der Waals surface area (Å²) >= 11 is 0. The summed E-state index contributed by atoms with van der Waals surface area (Å²) < 4.78 is 0. The van der Waals surface area contributed by atoms with Crippen LogP contribution in [0.4, 0.5) is 0 Å². The van der Waals surface area contributed by atoms with Gasteiger partial charge in [0.25, 0.3) is 0 Å². The van der Waals surface area contributed by atoms with E-state index in [1.165, 1.54) is 0 Å². The number of rotatable bonds is 3. The van der Waals surface area contributed by atoms with Gasteiger partial charge in [-0.3, -0.25) is 0 Å². The van der Waals surface area contributed by atoms with Crippen LogP contribution in [0.25, 0.3) is 0 Å². The second-order valence-corrected chi connectivity index (χ2v) is 4.07. The number of hydrogen-bond donors (Lipinski definition) is 0. The molecule has 0 saturated carbocycles. The number of carboxylic acid groups (broad SMARTS) is 1. The highest BCUT2D eigenvalue weighted by atomic mass is 16.4. The van der Waals surface area contributed by atoms with Crippen LogP contribution in [0, 0.1) is 6.92 Å². The summed E-state index contributed by atoms with van der Waals surface area (Å²) in [5, 5.41) is 11.3. The lowest BCUT2D eigenvalue weighted by atomic mass is 9.91. The molecule has 2 rings (SSSR count). The number of carbonyl (C=O) groups excluding carboxylic acids is 1. The van der Waals surface area contributed by atoms with Gasteiger partial charge in [-0.15, -0.1) is 0 Å². The molecule has 0 fully saturated rings. The van der Waals surface area contributed by atoms with Crippen molar-refractivity contribution in [3.63, 3.8) is 0 Å². The largest absolute Gasteiger partial charge is 0.549 e. The van der Waals surface area contributed by atoms with Crippen LogP contribution in [0.5, 0.6) is 0 Å². The van der Waals surface area contributed by atoms with Crippen LogP contribution in [0.2, 0.25) is 0 Å². The zero-order valence-corrected chi connectivity index (χ0v) is 9.59. The third-order valence-electron chi connectivity index (χ3n) is 2.78. The SMILES string of the molecule is Cc1ccc([C@@H](C(=O)[O-])c2ccccc2)cc1. The van der Waals surface area contributed by atoms with Gasteiger partial charge in [0.1, 0.15) is 0 Å². The number of hydrogen-bond acceptors (Lipinski definition) is 2. The minimum absolute atomic E-state index is 0.697. The number of aliphatic carboxylic acids is 1. The van der Waals surface area contributed by atoms with Crippen LogP contribution in [0.1, 0.15) is 22.6 Å². The second-order valence-electron chi connectivity index (χ2n) is 4.07. The van der Waals surface area contributed by atoms with E-state index >= 15 is 0 Å². The van der Waals surface area contributed by atoms with Crippen LogP contribution in [0.15, 0.2) is 54.6 Å². The van der Waals surface area contributed by atoms with E-state index in [4.69, 9.17) is 0 Å². The van der Waals surface area contributed by atoms with E-state index in [0.717, 1.165) is 16.7 Å².